The molecule has 1 amide bonds. The maximum Gasteiger partial charge on any atom is 0.270 e. The first-order valence-corrected chi connectivity index (χ1v) is 7.84. The molecule has 1 aromatic rings. The van der Waals surface area contributed by atoms with Gasteiger partial charge in [0, 0.05) is 38.3 Å². The van der Waals surface area contributed by atoms with Gasteiger partial charge in [0.1, 0.15) is 5.84 Å². The van der Waals surface area contributed by atoms with Crippen molar-refractivity contribution in [3.05, 3.63) is 33.9 Å². The topological polar surface area (TPSA) is 91.1 Å². The van der Waals surface area contributed by atoms with Gasteiger partial charge >= 0.3 is 0 Å². The van der Waals surface area contributed by atoms with Crippen LogP contribution in [0.15, 0.2) is 23.2 Å². The van der Waals surface area contributed by atoms with Gasteiger partial charge in [0.05, 0.1) is 22.7 Å². The monoisotopic (exact) mass is 333 g/mol. The van der Waals surface area contributed by atoms with Crippen LogP contribution in [0.25, 0.3) is 0 Å². The third kappa shape index (κ3) is 4.29. The Morgan fingerprint density at radius 3 is 2.67 bits per heavy atom. The predicted molar refractivity (Wildman–Crippen MR) is 92.9 cm³/mol. The fourth-order valence-corrected chi connectivity index (χ4v) is 2.41. The molecule has 1 saturated heterocycles. The van der Waals surface area contributed by atoms with Gasteiger partial charge < -0.3 is 10.2 Å². The Kier molecular flexibility index (Phi) is 5.50. The molecule has 0 unspecified atom stereocenters. The molecule has 1 N–H and O–H groups in total. The summed E-state index contributed by atoms with van der Waals surface area (Å²) in [6.07, 6.45) is 0. The van der Waals surface area contributed by atoms with E-state index in [-0.39, 0.29) is 23.2 Å². The minimum absolute atomic E-state index is 0.0687. The fourth-order valence-electron chi connectivity index (χ4n) is 2.41. The Hall–Kier alpha value is -2.48. The molecule has 0 bridgehead atoms. The highest BCUT2D eigenvalue weighted by Gasteiger charge is 2.20. The van der Waals surface area contributed by atoms with E-state index in [0.717, 1.165) is 18.9 Å². The summed E-state index contributed by atoms with van der Waals surface area (Å²) < 4.78 is 0. The zero-order valence-corrected chi connectivity index (χ0v) is 14.4. The van der Waals surface area contributed by atoms with E-state index in [1.54, 1.807) is 0 Å². The van der Waals surface area contributed by atoms with Gasteiger partial charge in [-0.3, -0.25) is 19.8 Å². The van der Waals surface area contributed by atoms with E-state index in [0.29, 0.717) is 12.2 Å². The number of amides is 1. The number of rotatable bonds is 4. The van der Waals surface area contributed by atoms with Gasteiger partial charge in [-0.05, 0) is 27.0 Å². The minimum atomic E-state index is -0.510. The van der Waals surface area contributed by atoms with Gasteiger partial charge in [-0.25, -0.2) is 4.99 Å². The fraction of sp³-hybridized carbons (Fsp3) is 0.500. The van der Waals surface area contributed by atoms with Crippen LogP contribution in [-0.4, -0.2) is 66.2 Å². The summed E-state index contributed by atoms with van der Waals surface area (Å²) >= 11 is 0. The molecular weight excluding hydrogens is 310 g/mol. The van der Waals surface area contributed by atoms with Crippen LogP contribution in [0.3, 0.4) is 0 Å². The minimum Gasteiger partial charge on any atom is -0.361 e. The number of amidine groups is 1. The van der Waals surface area contributed by atoms with Gasteiger partial charge in [-0.2, -0.15) is 0 Å². The van der Waals surface area contributed by atoms with Crippen LogP contribution in [0.5, 0.6) is 0 Å². The van der Waals surface area contributed by atoms with Crippen LogP contribution in [-0.2, 0) is 0 Å². The van der Waals surface area contributed by atoms with E-state index < -0.39 is 4.92 Å². The Morgan fingerprint density at radius 1 is 1.33 bits per heavy atom. The van der Waals surface area contributed by atoms with E-state index >= 15 is 0 Å². The van der Waals surface area contributed by atoms with E-state index in [9.17, 15) is 14.9 Å². The van der Waals surface area contributed by atoms with E-state index in [1.165, 1.54) is 18.2 Å². The second-order valence-electron chi connectivity index (χ2n) is 6.27. The molecular formula is C16H23N5O3. The molecule has 130 valence electrons. The van der Waals surface area contributed by atoms with Gasteiger partial charge in [-0.1, -0.05) is 0 Å². The number of aliphatic imine (C=N–C) groups is 1. The summed E-state index contributed by atoms with van der Waals surface area (Å²) in [6.45, 7) is 6.13. The summed E-state index contributed by atoms with van der Waals surface area (Å²) in [7, 11) is 3.95. The Morgan fingerprint density at radius 2 is 2.04 bits per heavy atom. The molecule has 1 fully saturated rings. The highest BCUT2D eigenvalue weighted by atomic mass is 16.6. The number of nitrogens with zero attached hydrogens (tertiary/aromatic N) is 4. The molecule has 0 spiro atoms. The maximum absolute atomic E-state index is 12.4. The average Bonchev–Trinajstić information content (AvgIpc) is 2.50. The van der Waals surface area contributed by atoms with Crippen molar-refractivity contribution >= 4 is 23.1 Å². The first-order chi connectivity index (χ1) is 11.3. The molecule has 1 aromatic carbocycles. The lowest BCUT2D eigenvalue weighted by atomic mass is 10.1. The van der Waals surface area contributed by atoms with Crippen LogP contribution >= 0.6 is 0 Å². The second kappa shape index (κ2) is 7.39. The van der Waals surface area contributed by atoms with Crippen LogP contribution < -0.4 is 5.32 Å². The Labute approximate surface area is 141 Å². The van der Waals surface area contributed by atoms with E-state index in [1.807, 2.05) is 32.8 Å². The molecule has 0 aliphatic carbocycles. The van der Waals surface area contributed by atoms with E-state index in [2.05, 4.69) is 15.2 Å². The van der Waals surface area contributed by atoms with E-state index in [4.69, 9.17) is 0 Å². The van der Waals surface area contributed by atoms with Crippen molar-refractivity contribution in [2.24, 2.45) is 4.99 Å². The molecule has 24 heavy (non-hydrogen) atoms. The number of benzene rings is 1. The van der Waals surface area contributed by atoms with Gasteiger partial charge in [0.2, 0.25) is 0 Å². The Balaban J connectivity index is 2.44. The molecule has 1 heterocycles. The van der Waals surface area contributed by atoms with Crippen molar-refractivity contribution in [3.63, 3.8) is 0 Å². The zero-order chi connectivity index (χ0) is 17.9. The average molecular weight is 333 g/mol. The lowest BCUT2D eigenvalue weighted by Crippen LogP contribution is -2.46. The zero-order valence-electron chi connectivity index (χ0n) is 14.4. The lowest BCUT2D eigenvalue weighted by Gasteiger charge is -2.32. The molecule has 1 aliphatic heterocycles. The maximum atomic E-state index is 12.4. The first kappa shape index (κ1) is 17.9. The molecule has 1 aliphatic rings. The number of nitro groups is 1. The summed E-state index contributed by atoms with van der Waals surface area (Å²) in [5.41, 5.74) is 0.532. The SMILES string of the molecule is CC(C)NC(=O)c1cc([N+](=O)[O-])ccc1/N=C1/CN(C)CCN1C. The number of carbonyl (C=O) groups excluding carboxylic acids is 1. The summed E-state index contributed by atoms with van der Waals surface area (Å²) in [5, 5.41) is 13.8. The molecule has 0 aromatic heterocycles. The number of nitro benzene ring substituents is 1. The van der Waals surface area contributed by atoms with Crippen molar-refractivity contribution in [3.8, 4) is 0 Å². The van der Waals surface area contributed by atoms with Gasteiger partial charge in [-0.15, -0.1) is 0 Å². The van der Waals surface area contributed by atoms with Crippen molar-refractivity contribution in [1.82, 2.24) is 15.1 Å². The molecule has 8 heteroatoms. The predicted octanol–water partition coefficient (Wildman–Crippen LogP) is 1.64. The molecule has 0 saturated carbocycles. The normalized spacial score (nSPS) is 17.4. The summed E-state index contributed by atoms with van der Waals surface area (Å²) in [4.78, 5) is 31.7. The number of nitrogens with one attached hydrogen (secondary N) is 1. The third-order valence-electron chi connectivity index (χ3n) is 3.77. The third-order valence-corrected chi connectivity index (χ3v) is 3.77. The van der Waals surface area contributed by atoms with Gasteiger partial charge in [0.25, 0.3) is 11.6 Å². The number of hydrogen-bond donors (Lipinski definition) is 1. The number of carbonyl (C=O) groups is 1. The molecule has 8 nitrogen and oxygen atoms in total. The second-order valence-corrected chi connectivity index (χ2v) is 6.27. The highest BCUT2D eigenvalue weighted by Crippen LogP contribution is 2.25. The smallest absolute Gasteiger partial charge is 0.270 e. The molecule has 2 rings (SSSR count). The van der Waals surface area contributed by atoms with Crippen LogP contribution in [0.1, 0.15) is 24.2 Å². The summed E-state index contributed by atoms with van der Waals surface area (Å²) in [5.74, 6) is 0.469. The largest absolute Gasteiger partial charge is 0.361 e. The first-order valence-electron chi connectivity index (χ1n) is 7.84. The van der Waals surface area contributed by atoms with Crippen LogP contribution in [0.2, 0.25) is 0 Å². The Bertz CT molecular complexity index is 672. The van der Waals surface area contributed by atoms with Crippen molar-refractivity contribution in [1.29, 1.82) is 0 Å². The van der Waals surface area contributed by atoms with Gasteiger partial charge in [0.15, 0.2) is 0 Å². The number of piperazine rings is 1. The van der Waals surface area contributed by atoms with Crippen molar-refractivity contribution < 1.29 is 9.72 Å². The standard InChI is InChI=1S/C16H23N5O3/c1-11(2)17-16(22)13-9-12(21(23)24)5-6-14(13)18-15-10-19(3)7-8-20(15)4/h5-6,9,11H,7-8,10H2,1-4H3,(H,17,22)/b18-15-. The number of hydrogen-bond acceptors (Lipinski definition) is 5. The summed E-state index contributed by atoms with van der Waals surface area (Å²) in [6, 6.07) is 4.12. The molecule has 0 atom stereocenters. The number of non-ortho nitro benzene ring substituents is 1. The van der Waals surface area contributed by atoms with Crippen LogP contribution in [0.4, 0.5) is 11.4 Å². The number of likely N-dealkylation sites (N-methyl/N-ethyl adjacent to an activating group) is 2. The quantitative estimate of drug-likeness (QED) is 0.668. The lowest BCUT2D eigenvalue weighted by molar-refractivity contribution is -0.384. The highest BCUT2D eigenvalue weighted by molar-refractivity contribution is 6.01. The van der Waals surface area contributed by atoms with Crippen molar-refractivity contribution in [2.45, 2.75) is 19.9 Å². The van der Waals surface area contributed by atoms with Crippen LogP contribution in [0, 0.1) is 10.1 Å². The molecule has 0 radical (unpaired) electrons. The van der Waals surface area contributed by atoms with Crippen molar-refractivity contribution in [2.75, 3.05) is 33.7 Å².